The highest BCUT2D eigenvalue weighted by Crippen LogP contribution is 2.29. The van der Waals surface area contributed by atoms with Crippen LogP contribution in [0.2, 0.25) is 0 Å². The highest BCUT2D eigenvalue weighted by Gasteiger charge is 2.21. The maximum atomic E-state index is 10.8. The van der Waals surface area contributed by atoms with E-state index in [2.05, 4.69) is 12.6 Å². The summed E-state index contributed by atoms with van der Waals surface area (Å²) < 4.78 is 0. The van der Waals surface area contributed by atoms with Gasteiger partial charge in [-0.2, -0.15) is 12.6 Å². The van der Waals surface area contributed by atoms with Crippen LogP contribution in [-0.2, 0) is 9.59 Å². The van der Waals surface area contributed by atoms with E-state index in [-0.39, 0.29) is 23.7 Å². The van der Waals surface area contributed by atoms with Crippen LogP contribution in [0.15, 0.2) is 0 Å². The van der Waals surface area contributed by atoms with Gasteiger partial charge in [-0.1, -0.05) is 66.2 Å². The smallest absolute Gasteiger partial charge is 0.303 e. The van der Waals surface area contributed by atoms with Crippen LogP contribution in [0.1, 0.15) is 105 Å². The molecule has 26 heavy (non-hydrogen) atoms. The van der Waals surface area contributed by atoms with E-state index < -0.39 is 11.9 Å². The van der Waals surface area contributed by atoms with Gasteiger partial charge in [-0.15, -0.1) is 0 Å². The molecule has 0 heterocycles. The highest BCUT2D eigenvalue weighted by molar-refractivity contribution is 7.80. The summed E-state index contributed by atoms with van der Waals surface area (Å²) in [5.74, 6) is -1.42. The Morgan fingerprint density at radius 1 is 0.731 bits per heavy atom. The molecule has 4 nitrogen and oxygen atoms in total. The van der Waals surface area contributed by atoms with Gasteiger partial charge in [0, 0.05) is 5.25 Å². The van der Waals surface area contributed by atoms with Gasteiger partial charge >= 0.3 is 11.9 Å². The van der Waals surface area contributed by atoms with Gasteiger partial charge in [0.1, 0.15) is 0 Å². The molecule has 0 saturated heterocycles. The predicted octanol–water partition coefficient (Wildman–Crippen LogP) is 6.19. The number of hydrogen-bond acceptors (Lipinski definition) is 3. The molecule has 5 heteroatoms. The fourth-order valence-corrected chi connectivity index (χ4v) is 3.83. The summed E-state index contributed by atoms with van der Waals surface area (Å²) in [4.78, 5) is 21.6. The summed E-state index contributed by atoms with van der Waals surface area (Å²) in [7, 11) is 0. The van der Waals surface area contributed by atoms with Crippen molar-refractivity contribution in [3.05, 3.63) is 0 Å². The van der Waals surface area contributed by atoms with Crippen molar-refractivity contribution in [2.24, 2.45) is 10.8 Å². The average Bonchev–Trinajstić information content (AvgIpc) is 2.43. The van der Waals surface area contributed by atoms with Crippen molar-refractivity contribution in [2.75, 3.05) is 0 Å². The van der Waals surface area contributed by atoms with E-state index in [1.165, 1.54) is 0 Å². The number of thiol groups is 1. The molecule has 0 aliphatic rings. The van der Waals surface area contributed by atoms with Crippen LogP contribution in [0, 0.1) is 10.8 Å². The second kappa shape index (κ2) is 12.6. The van der Waals surface area contributed by atoms with Crippen molar-refractivity contribution in [2.45, 2.75) is 110 Å². The summed E-state index contributed by atoms with van der Waals surface area (Å²) >= 11 is 4.68. The quantitative estimate of drug-likeness (QED) is 0.218. The Bertz CT molecular complexity index is 380. The molecule has 0 aromatic heterocycles. The lowest BCUT2D eigenvalue weighted by molar-refractivity contribution is -0.140. The third-order valence-corrected chi connectivity index (χ3v) is 5.56. The molecule has 0 aliphatic carbocycles. The van der Waals surface area contributed by atoms with E-state index in [1.807, 2.05) is 27.7 Å². The molecule has 0 atom stereocenters. The zero-order valence-corrected chi connectivity index (χ0v) is 18.1. The summed E-state index contributed by atoms with van der Waals surface area (Å²) in [5, 5.41) is 18.2. The normalized spacial score (nSPS) is 12.5. The van der Waals surface area contributed by atoms with E-state index in [9.17, 15) is 9.59 Å². The van der Waals surface area contributed by atoms with E-state index >= 15 is 0 Å². The lowest BCUT2D eigenvalue weighted by Crippen LogP contribution is -2.16. The minimum Gasteiger partial charge on any atom is -0.481 e. The van der Waals surface area contributed by atoms with Crippen LogP contribution >= 0.6 is 12.6 Å². The first-order valence-electron chi connectivity index (χ1n) is 10.1. The van der Waals surface area contributed by atoms with Gasteiger partial charge in [0.05, 0.1) is 12.8 Å². The number of carboxylic acids is 2. The molecule has 0 amide bonds. The zero-order valence-electron chi connectivity index (χ0n) is 17.2. The van der Waals surface area contributed by atoms with Crippen molar-refractivity contribution < 1.29 is 19.8 Å². The molecule has 0 aliphatic heterocycles. The van der Waals surface area contributed by atoms with Crippen LogP contribution in [-0.4, -0.2) is 27.4 Å². The van der Waals surface area contributed by atoms with Crippen LogP contribution in [0.25, 0.3) is 0 Å². The summed E-state index contributed by atoms with van der Waals surface area (Å²) in [5.41, 5.74) is -0.221. The van der Waals surface area contributed by atoms with Gasteiger partial charge in [-0.3, -0.25) is 9.59 Å². The first kappa shape index (κ1) is 25.3. The molecule has 0 radical (unpaired) electrons. The topological polar surface area (TPSA) is 74.6 Å². The molecule has 0 aromatic rings. The zero-order chi connectivity index (χ0) is 20.2. The summed E-state index contributed by atoms with van der Waals surface area (Å²) in [6.45, 7) is 8.11. The number of carbonyl (C=O) groups is 2. The lowest BCUT2D eigenvalue weighted by Gasteiger charge is -2.22. The molecule has 0 unspecified atom stereocenters. The van der Waals surface area contributed by atoms with E-state index in [0.29, 0.717) is 5.25 Å². The monoisotopic (exact) mass is 388 g/mol. The molecular formula is C21H40O4S. The van der Waals surface area contributed by atoms with Crippen LogP contribution in [0.4, 0.5) is 0 Å². The van der Waals surface area contributed by atoms with E-state index in [0.717, 1.165) is 64.2 Å². The number of carboxylic acid groups (broad SMARTS) is 2. The van der Waals surface area contributed by atoms with Gasteiger partial charge in [-0.25, -0.2) is 0 Å². The van der Waals surface area contributed by atoms with E-state index in [4.69, 9.17) is 10.2 Å². The number of unbranched alkanes of at least 4 members (excludes halogenated alkanes) is 4. The Labute approximate surface area is 165 Å². The third kappa shape index (κ3) is 15.5. The Balaban J connectivity index is 3.65. The predicted molar refractivity (Wildman–Crippen MR) is 111 cm³/mol. The summed E-state index contributed by atoms with van der Waals surface area (Å²) in [6, 6.07) is 0. The van der Waals surface area contributed by atoms with Crippen molar-refractivity contribution >= 4 is 24.6 Å². The van der Waals surface area contributed by atoms with Gasteiger partial charge < -0.3 is 10.2 Å². The molecule has 0 rings (SSSR count). The molecule has 0 fully saturated rings. The number of rotatable bonds is 16. The first-order chi connectivity index (χ1) is 11.9. The van der Waals surface area contributed by atoms with Crippen molar-refractivity contribution in [1.82, 2.24) is 0 Å². The van der Waals surface area contributed by atoms with Gasteiger partial charge in [0.25, 0.3) is 0 Å². The minimum absolute atomic E-state index is 0.111. The summed E-state index contributed by atoms with van der Waals surface area (Å²) in [6.07, 6.45) is 11.4. The first-order valence-corrected chi connectivity index (χ1v) is 10.6. The second-order valence-electron chi connectivity index (χ2n) is 9.32. The lowest BCUT2D eigenvalue weighted by atomic mass is 9.83. The molecule has 0 bridgehead atoms. The number of hydrogen-bond donors (Lipinski definition) is 3. The SMILES string of the molecule is CC(C)(CCCCCC(S)CCCCCC(C)(C)CC(=O)O)CC(=O)O. The Kier molecular flexibility index (Phi) is 12.3. The fraction of sp³-hybridized carbons (Fsp3) is 0.905. The van der Waals surface area contributed by atoms with E-state index in [1.54, 1.807) is 0 Å². The van der Waals surface area contributed by atoms with Crippen LogP contribution in [0.5, 0.6) is 0 Å². The van der Waals surface area contributed by atoms with Crippen LogP contribution < -0.4 is 0 Å². The largest absolute Gasteiger partial charge is 0.481 e. The minimum atomic E-state index is -0.711. The third-order valence-electron chi connectivity index (χ3n) is 5.04. The molecule has 154 valence electrons. The Morgan fingerprint density at radius 2 is 1.08 bits per heavy atom. The molecule has 2 N–H and O–H groups in total. The Morgan fingerprint density at radius 3 is 1.38 bits per heavy atom. The van der Waals surface area contributed by atoms with Gasteiger partial charge in [0.15, 0.2) is 0 Å². The van der Waals surface area contributed by atoms with Crippen LogP contribution in [0.3, 0.4) is 0 Å². The van der Waals surface area contributed by atoms with Crippen molar-refractivity contribution in [1.29, 1.82) is 0 Å². The van der Waals surface area contributed by atoms with Gasteiger partial charge in [-0.05, 0) is 36.5 Å². The Hall–Kier alpha value is -0.710. The maximum Gasteiger partial charge on any atom is 0.303 e. The van der Waals surface area contributed by atoms with Crippen molar-refractivity contribution in [3.8, 4) is 0 Å². The average molecular weight is 389 g/mol. The van der Waals surface area contributed by atoms with Crippen molar-refractivity contribution in [3.63, 3.8) is 0 Å². The second-order valence-corrected chi connectivity index (χ2v) is 10.1. The fourth-order valence-electron chi connectivity index (χ4n) is 3.46. The highest BCUT2D eigenvalue weighted by atomic mass is 32.1. The molecule has 0 saturated carbocycles. The molecule has 0 aromatic carbocycles. The van der Waals surface area contributed by atoms with Gasteiger partial charge in [0.2, 0.25) is 0 Å². The maximum absolute atomic E-state index is 10.8. The molecule has 0 spiro atoms. The standard InChI is InChI=1S/C21H40O4S/c1-20(2,15-18(22)23)13-9-5-7-11-17(26)12-8-6-10-14-21(3,4)16-19(24)25/h17,26H,5-16H2,1-4H3,(H,22,23)(H,24,25). The molecular weight excluding hydrogens is 348 g/mol. The number of aliphatic carboxylic acids is 2.